The molecule has 1 aliphatic heterocycles. The molecule has 2 aliphatic rings. The van der Waals surface area contributed by atoms with Crippen LogP contribution >= 0.6 is 0 Å². The minimum atomic E-state index is -0.504. The Labute approximate surface area is 140 Å². The van der Waals surface area contributed by atoms with Crippen molar-refractivity contribution in [3.63, 3.8) is 0 Å². The second kappa shape index (κ2) is 5.78. The summed E-state index contributed by atoms with van der Waals surface area (Å²) in [7, 11) is 1.83. The number of ether oxygens (including phenoxy) is 1. The maximum atomic E-state index is 12.7. The zero-order valence-electron chi connectivity index (χ0n) is 13.6. The highest BCUT2D eigenvalue weighted by molar-refractivity contribution is 6.00. The number of piperidine rings is 1. The van der Waals surface area contributed by atoms with Crippen LogP contribution in [0, 0.1) is 0 Å². The summed E-state index contributed by atoms with van der Waals surface area (Å²) in [6.45, 7) is 0.661. The maximum absolute atomic E-state index is 12.7. The molecule has 1 atom stereocenters. The number of hydrogen-bond donors (Lipinski definition) is 0. The molecule has 4 rings (SSSR count). The monoisotopic (exact) mass is 325 g/mol. The van der Waals surface area contributed by atoms with E-state index in [9.17, 15) is 9.59 Å². The minimum absolute atomic E-state index is 0.0588. The maximum Gasteiger partial charge on any atom is 0.269 e. The van der Waals surface area contributed by atoms with E-state index in [4.69, 9.17) is 4.74 Å². The number of aromatic nitrogens is 2. The Morgan fingerprint density at radius 1 is 1.21 bits per heavy atom. The van der Waals surface area contributed by atoms with E-state index in [0.29, 0.717) is 31.0 Å². The number of Topliss-reactive ketones (excluding diaryl/α,β-unsaturated/α-hetero) is 1. The van der Waals surface area contributed by atoms with E-state index < -0.39 is 6.10 Å². The zero-order chi connectivity index (χ0) is 16.7. The van der Waals surface area contributed by atoms with Crippen molar-refractivity contribution in [2.24, 2.45) is 7.05 Å². The molecule has 124 valence electrons. The number of fused-ring (bicyclic) bond motifs is 1. The normalized spacial score (nSPS) is 20.4. The molecule has 1 fully saturated rings. The van der Waals surface area contributed by atoms with Gasteiger partial charge in [0, 0.05) is 37.8 Å². The minimum Gasteiger partial charge on any atom is -0.481 e. The molecule has 24 heavy (non-hydrogen) atoms. The predicted molar refractivity (Wildman–Crippen MR) is 88.3 cm³/mol. The van der Waals surface area contributed by atoms with Gasteiger partial charge in [-0.1, -0.05) is 0 Å². The van der Waals surface area contributed by atoms with Crippen LogP contribution in [-0.4, -0.2) is 34.1 Å². The second-order valence-corrected chi connectivity index (χ2v) is 6.33. The van der Waals surface area contributed by atoms with Crippen molar-refractivity contribution in [2.75, 3.05) is 11.4 Å². The molecule has 2 heterocycles. The molecule has 6 nitrogen and oxygen atoms in total. The van der Waals surface area contributed by atoms with Crippen LogP contribution in [0.1, 0.15) is 35.2 Å². The number of carbonyl (C=O) groups excluding carboxylic acids is 2. The summed E-state index contributed by atoms with van der Waals surface area (Å²) >= 11 is 0. The lowest BCUT2D eigenvalue weighted by atomic mass is 10.1. The van der Waals surface area contributed by atoms with E-state index in [-0.39, 0.29) is 11.7 Å². The van der Waals surface area contributed by atoms with Crippen LogP contribution in [0.2, 0.25) is 0 Å². The highest BCUT2D eigenvalue weighted by Crippen LogP contribution is 2.28. The molecule has 1 amide bonds. The number of nitrogens with zero attached hydrogens (tertiary/aromatic N) is 3. The predicted octanol–water partition coefficient (Wildman–Crippen LogP) is 2.12. The first-order chi connectivity index (χ1) is 11.6. The highest BCUT2D eigenvalue weighted by atomic mass is 16.5. The van der Waals surface area contributed by atoms with Crippen LogP contribution in [0.4, 0.5) is 5.82 Å². The van der Waals surface area contributed by atoms with Gasteiger partial charge in [-0.25, -0.2) is 0 Å². The van der Waals surface area contributed by atoms with Gasteiger partial charge in [-0.15, -0.1) is 0 Å². The van der Waals surface area contributed by atoms with Gasteiger partial charge in [-0.2, -0.15) is 5.10 Å². The number of hydrogen-bond acceptors (Lipinski definition) is 4. The van der Waals surface area contributed by atoms with Crippen LogP contribution in [-0.2, 0) is 18.3 Å². The number of amides is 1. The number of benzene rings is 1. The topological polar surface area (TPSA) is 64.4 Å². The Bertz CT molecular complexity index is 812. The third-order valence-corrected chi connectivity index (χ3v) is 4.64. The van der Waals surface area contributed by atoms with Crippen molar-refractivity contribution in [1.29, 1.82) is 0 Å². The highest BCUT2D eigenvalue weighted by Gasteiger charge is 2.32. The molecule has 0 N–H and O–H groups in total. The van der Waals surface area contributed by atoms with Crippen molar-refractivity contribution in [3.05, 3.63) is 41.6 Å². The summed E-state index contributed by atoms with van der Waals surface area (Å²) < 4.78 is 7.63. The van der Waals surface area contributed by atoms with Crippen molar-refractivity contribution in [2.45, 2.75) is 31.8 Å². The fraction of sp³-hybridized carbons (Fsp3) is 0.389. The van der Waals surface area contributed by atoms with Gasteiger partial charge in [0.15, 0.2) is 17.7 Å². The van der Waals surface area contributed by atoms with Gasteiger partial charge in [0.25, 0.3) is 5.91 Å². The van der Waals surface area contributed by atoms with Gasteiger partial charge in [0.2, 0.25) is 0 Å². The molecule has 0 bridgehead atoms. The lowest BCUT2D eigenvalue weighted by Crippen LogP contribution is -2.47. The number of carbonyl (C=O) groups is 2. The molecule has 0 saturated carbocycles. The lowest BCUT2D eigenvalue weighted by Gasteiger charge is -2.31. The summed E-state index contributed by atoms with van der Waals surface area (Å²) in [5, 5.41) is 4.31. The molecule has 1 aromatic heterocycles. The Balaban J connectivity index is 1.52. The number of aryl methyl sites for hydroxylation is 2. The first-order valence-electron chi connectivity index (χ1n) is 8.25. The molecule has 0 spiro atoms. The van der Waals surface area contributed by atoms with Crippen LogP contribution in [0.3, 0.4) is 0 Å². The van der Waals surface area contributed by atoms with E-state index >= 15 is 0 Å². The molecule has 0 radical (unpaired) electrons. The average molecular weight is 325 g/mol. The van der Waals surface area contributed by atoms with E-state index in [1.165, 1.54) is 0 Å². The van der Waals surface area contributed by atoms with Gasteiger partial charge >= 0.3 is 0 Å². The molecule has 1 aliphatic carbocycles. The number of ketones is 1. The van der Waals surface area contributed by atoms with Gasteiger partial charge in [0.05, 0.1) is 0 Å². The van der Waals surface area contributed by atoms with Crippen LogP contribution < -0.4 is 9.64 Å². The number of rotatable bonds is 3. The van der Waals surface area contributed by atoms with Gasteiger partial charge in [-0.05, 0) is 43.0 Å². The molecule has 2 aromatic rings. The van der Waals surface area contributed by atoms with Crippen molar-refractivity contribution >= 4 is 17.5 Å². The SMILES string of the molecule is Cn1ccc(N2CCCC(Oc3ccc4c(c3)CCC4=O)C2=O)n1. The first kappa shape index (κ1) is 14.9. The van der Waals surface area contributed by atoms with Crippen LogP contribution in [0.25, 0.3) is 0 Å². The van der Waals surface area contributed by atoms with Crippen molar-refractivity contribution in [3.8, 4) is 5.75 Å². The third kappa shape index (κ3) is 2.58. The average Bonchev–Trinajstić information content (AvgIpc) is 3.16. The molecule has 1 aromatic carbocycles. The molecular formula is C18H19N3O3. The summed E-state index contributed by atoms with van der Waals surface area (Å²) in [4.78, 5) is 26.1. The molecule has 1 saturated heterocycles. The Morgan fingerprint density at radius 3 is 2.88 bits per heavy atom. The van der Waals surface area contributed by atoms with Crippen LogP contribution in [0.15, 0.2) is 30.5 Å². The van der Waals surface area contributed by atoms with Crippen molar-refractivity contribution in [1.82, 2.24) is 9.78 Å². The van der Waals surface area contributed by atoms with E-state index in [2.05, 4.69) is 5.10 Å². The van der Waals surface area contributed by atoms with Crippen molar-refractivity contribution < 1.29 is 14.3 Å². The lowest BCUT2D eigenvalue weighted by molar-refractivity contribution is -0.127. The summed E-state index contributed by atoms with van der Waals surface area (Å²) in [6, 6.07) is 7.33. The third-order valence-electron chi connectivity index (χ3n) is 4.64. The molecule has 6 heteroatoms. The quantitative estimate of drug-likeness (QED) is 0.867. The largest absolute Gasteiger partial charge is 0.481 e. The summed E-state index contributed by atoms with van der Waals surface area (Å²) in [6.07, 6.45) is 4.20. The molecule has 1 unspecified atom stereocenters. The number of anilines is 1. The first-order valence-corrected chi connectivity index (χ1v) is 8.25. The van der Waals surface area contributed by atoms with E-state index in [0.717, 1.165) is 24.0 Å². The van der Waals surface area contributed by atoms with Gasteiger partial charge in [0.1, 0.15) is 5.75 Å². The summed E-state index contributed by atoms with van der Waals surface area (Å²) in [5.41, 5.74) is 1.80. The fourth-order valence-electron chi connectivity index (χ4n) is 3.40. The van der Waals surface area contributed by atoms with E-state index in [1.54, 1.807) is 15.6 Å². The van der Waals surface area contributed by atoms with E-state index in [1.807, 2.05) is 31.4 Å². The smallest absolute Gasteiger partial charge is 0.269 e. The van der Waals surface area contributed by atoms with Gasteiger partial charge < -0.3 is 4.74 Å². The fourth-order valence-corrected chi connectivity index (χ4v) is 3.40. The standard InChI is InChI=1S/C18H19N3O3/c1-20-10-8-17(19-20)21-9-2-3-16(18(21)23)24-13-5-6-14-12(11-13)4-7-15(14)22/h5-6,8,10-11,16H,2-4,7,9H2,1H3. The Hall–Kier alpha value is -2.63. The second-order valence-electron chi connectivity index (χ2n) is 6.33. The van der Waals surface area contributed by atoms with Crippen LogP contribution in [0.5, 0.6) is 5.75 Å². The summed E-state index contributed by atoms with van der Waals surface area (Å²) in [5.74, 6) is 1.45. The zero-order valence-corrected chi connectivity index (χ0v) is 13.6. The Kier molecular flexibility index (Phi) is 3.59. The van der Waals surface area contributed by atoms with Gasteiger partial charge in [-0.3, -0.25) is 19.2 Å². The Morgan fingerprint density at radius 2 is 2.08 bits per heavy atom. The molecular weight excluding hydrogens is 306 g/mol.